The Morgan fingerprint density at radius 3 is 2.89 bits per heavy atom. The van der Waals surface area contributed by atoms with Crippen LogP contribution in [-0.2, 0) is 0 Å². The first-order valence-corrected chi connectivity index (χ1v) is 8.31. The molecule has 1 aromatic heterocycles. The van der Waals surface area contributed by atoms with Gasteiger partial charge in [-0.05, 0) is 25.0 Å². The van der Waals surface area contributed by atoms with Crippen molar-refractivity contribution >= 4 is 23.4 Å². The molecule has 1 fully saturated rings. The fourth-order valence-electron chi connectivity index (χ4n) is 2.44. The van der Waals surface area contributed by atoms with Crippen molar-refractivity contribution in [1.29, 1.82) is 0 Å². The lowest BCUT2D eigenvalue weighted by Crippen LogP contribution is -2.28. The van der Waals surface area contributed by atoms with Crippen LogP contribution in [-0.4, -0.2) is 41.1 Å². The molecule has 0 spiro atoms. The van der Waals surface area contributed by atoms with Gasteiger partial charge in [0.15, 0.2) is 0 Å². The van der Waals surface area contributed by atoms with E-state index in [0.717, 1.165) is 31.3 Å². The first-order valence-electron chi connectivity index (χ1n) is 7.15. The van der Waals surface area contributed by atoms with E-state index < -0.39 is 0 Å². The summed E-state index contributed by atoms with van der Waals surface area (Å²) in [4.78, 5) is 11.4. The second-order valence-corrected chi connectivity index (χ2v) is 6.32. The fraction of sp³-hybridized carbons (Fsp3) is 0.714. The maximum Gasteiger partial charge on any atom is 0.137 e. The minimum Gasteiger partial charge on any atom is -0.370 e. The summed E-state index contributed by atoms with van der Waals surface area (Å²) >= 11 is 2.04. The summed E-state index contributed by atoms with van der Waals surface area (Å²) in [6, 6.07) is 0. The number of hydrogen-bond acceptors (Lipinski definition) is 5. The van der Waals surface area contributed by atoms with Crippen molar-refractivity contribution in [2.75, 3.05) is 41.4 Å². The van der Waals surface area contributed by atoms with Crippen LogP contribution in [0.15, 0.2) is 6.33 Å². The van der Waals surface area contributed by atoms with Crippen LogP contribution in [0.5, 0.6) is 0 Å². The Bertz CT molecular complexity index is 400. The molecule has 0 atom stereocenters. The number of nitrogens with one attached hydrogen (secondary N) is 1. The van der Waals surface area contributed by atoms with Gasteiger partial charge >= 0.3 is 0 Å². The zero-order chi connectivity index (χ0) is 13.7. The maximum absolute atomic E-state index is 4.57. The molecule has 19 heavy (non-hydrogen) atoms. The summed E-state index contributed by atoms with van der Waals surface area (Å²) in [5, 5.41) is 3.37. The third-order valence-corrected chi connectivity index (χ3v) is 4.35. The summed E-state index contributed by atoms with van der Waals surface area (Å²) < 4.78 is 0. The molecule has 0 bridgehead atoms. The molecule has 1 N–H and O–H groups in total. The minimum absolute atomic E-state index is 0.432. The molecule has 4 nitrogen and oxygen atoms in total. The maximum atomic E-state index is 4.57. The summed E-state index contributed by atoms with van der Waals surface area (Å²) in [6.45, 7) is 9.63. The molecule has 106 valence electrons. The minimum atomic E-state index is 0.432. The van der Waals surface area contributed by atoms with E-state index in [4.69, 9.17) is 0 Å². The number of anilines is 2. The number of thioether (sulfide) groups is 1. The predicted molar refractivity (Wildman–Crippen MR) is 84.4 cm³/mol. The van der Waals surface area contributed by atoms with Gasteiger partial charge in [0.05, 0.1) is 0 Å². The van der Waals surface area contributed by atoms with E-state index >= 15 is 0 Å². The molecule has 0 unspecified atom stereocenters. The Kier molecular flexibility index (Phi) is 5.31. The van der Waals surface area contributed by atoms with Gasteiger partial charge in [-0.1, -0.05) is 13.8 Å². The predicted octanol–water partition coefficient (Wildman–Crippen LogP) is 2.98. The lowest BCUT2D eigenvalue weighted by molar-refractivity contribution is 0.766. The van der Waals surface area contributed by atoms with Gasteiger partial charge in [0.25, 0.3) is 0 Å². The van der Waals surface area contributed by atoms with Crippen molar-refractivity contribution in [2.24, 2.45) is 0 Å². The molecule has 0 aromatic carbocycles. The second kappa shape index (κ2) is 6.98. The third kappa shape index (κ3) is 3.53. The average molecular weight is 280 g/mol. The molecule has 2 rings (SSSR count). The van der Waals surface area contributed by atoms with E-state index in [0.29, 0.717) is 5.92 Å². The van der Waals surface area contributed by atoms with Gasteiger partial charge in [0.2, 0.25) is 0 Å². The topological polar surface area (TPSA) is 41.1 Å². The third-order valence-electron chi connectivity index (χ3n) is 3.31. The van der Waals surface area contributed by atoms with Crippen LogP contribution >= 0.6 is 11.8 Å². The van der Waals surface area contributed by atoms with Crippen molar-refractivity contribution < 1.29 is 0 Å². The van der Waals surface area contributed by atoms with Crippen LogP contribution in [0.4, 0.5) is 11.6 Å². The normalized spacial score (nSPS) is 16.5. The molecular weight excluding hydrogens is 256 g/mol. The van der Waals surface area contributed by atoms with Gasteiger partial charge in [-0.2, -0.15) is 11.8 Å². The second-order valence-electron chi connectivity index (χ2n) is 5.10. The monoisotopic (exact) mass is 280 g/mol. The van der Waals surface area contributed by atoms with E-state index in [2.05, 4.69) is 41.0 Å². The number of rotatable bonds is 4. The van der Waals surface area contributed by atoms with Crippen LogP contribution < -0.4 is 10.2 Å². The highest BCUT2D eigenvalue weighted by atomic mass is 32.2. The van der Waals surface area contributed by atoms with E-state index in [1.165, 1.54) is 23.5 Å². The summed E-state index contributed by atoms with van der Waals surface area (Å²) in [7, 11) is 0. The molecule has 0 aliphatic carbocycles. The molecule has 0 radical (unpaired) electrons. The first-order chi connectivity index (χ1) is 9.24. The average Bonchev–Trinajstić information content (AvgIpc) is 2.67. The number of hydrogen-bond donors (Lipinski definition) is 1. The van der Waals surface area contributed by atoms with Gasteiger partial charge in [0.1, 0.15) is 18.0 Å². The van der Waals surface area contributed by atoms with Gasteiger partial charge < -0.3 is 10.2 Å². The van der Waals surface area contributed by atoms with Gasteiger partial charge in [-0.25, -0.2) is 9.97 Å². The Balaban J connectivity index is 2.34. The zero-order valence-corrected chi connectivity index (χ0v) is 13.0. The van der Waals surface area contributed by atoms with Crippen LogP contribution in [0.2, 0.25) is 0 Å². The SMILES string of the molecule is CCNc1ncnc(N2CCCSCC2)c1C(C)C. The van der Waals surface area contributed by atoms with Crippen molar-refractivity contribution in [1.82, 2.24) is 9.97 Å². The largest absolute Gasteiger partial charge is 0.370 e. The first kappa shape index (κ1) is 14.4. The Labute approximate surface area is 120 Å². The summed E-state index contributed by atoms with van der Waals surface area (Å²) in [5.41, 5.74) is 1.26. The van der Waals surface area contributed by atoms with Gasteiger partial charge in [-0.3, -0.25) is 0 Å². The van der Waals surface area contributed by atoms with Crippen LogP contribution in [0.3, 0.4) is 0 Å². The number of aromatic nitrogens is 2. The lowest BCUT2D eigenvalue weighted by atomic mass is 10.0. The number of nitrogens with zero attached hydrogens (tertiary/aromatic N) is 3. The Morgan fingerprint density at radius 2 is 2.16 bits per heavy atom. The van der Waals surface area contributed by atoms with Gasteiger partial charge in [-0.15, -0.1) is 0 Å². The molecule has 1 aliphatic rings. The highest BCUT2D eigenvalue weighted by Gasteiger charge is 2.20. The van der Waals surface area contributed by atoms with Crippen molar-refractivity contribution in [3.63, 3.8) is 0 Å². The van der Waals surface area contributed by atoms with Crippen LogP contribution in [0.25, 0.3) is 0 Å². The Morgan fingerprint density at radius 1 is 1.32 bits per heavy atom. The molecule has 1 saturated heterocycles. The summed E-state index contributed by atoms with van der Waals surface area (Å²) in [5.74, 6) is 5.01. The smallest absolute Gasteiger partial charge is 0.137 e. The molecular formula is C14H24N4S. The van der Waals surface area contributed by atoms with Gasteiger partial charge in [0, 0.05) is 31.0 Å². The lowest BCUT2D eigenvalue weighted by Gasteiger charge is -2.26. The standard InChI is InChI=1S/C14H24N4S/c1-4-15-13-12(11(2)3)14(17-10-16-13)18-6-5-8-19-9-7-18/h10-11H,4-9H2,1-3H3,(H,15,16,17). The van der Waals surface area contributed by atoms with E-state index in [1.807, 2.05) is 11.8 Å². The quantitative estimate of drug-likeness (QED) is 0.918. The van der Waals surface area contributed by atoms with Crippen molar-refractivity contribution in [3.8, 4) is 0 Å². The molecule has 1 aromatic rings. The van der Waals surface area contributed by atoms with Crippen molar-refractivity contribution in [2.45, 2.75) is 33.1 Å². The van der Waals surface area contributed by atoms with E-state index in [9.17, 15) is 0 Å². The molecule has 1 aliphatic heterocycles. The molecule has 5 heteroatoms. The van der Waals surface area contributed by atoms with Crippen molar-refractivity contribution in [3.05, 3.63) is 11.9 Å². The zero-order valence-electron chi connectivity index (χ0n) is 12.1. The molecule has 2 heterocycles. The molecule has 0 saturated carbocycles. The highest BCUT2D eigenvalue weighted by Crippen LogP contribution is 2.31. The van der Waals surface area contributed by atoms with Crippen LogP contribution in [0.1, 0.15) is 38.7 Å². The van der Waals surface area contributed by atoms with E-state index in [1.54, 1.807) is 6.33 Å². The highest BCUT2D eigenvalue weighted by molar-refractivity contribution is 7.99. The van der Waals surface area contributed by atoms with Crippen LogP contribution in [0, 0.1) is 0 Å². The fourth-order valence-corrected chi connectivity index (χ4v) is 3.32. The summed E-state index contributed by atoms with van der Waals surface area (Å²) in [6.07, 6.45) is 2.93. The van der Waals surface area contributed by atoms with E-state index in [-0.39, 0.29) is 0 Å². The molecule has 0 amide bonds. The Hall–Kier alpha value is -0.970.